The van der Waals surface area contributed by atoms with Crippen LogP contribution in [0, 0.1) is 10.8 Å². The second kappa shape index (κ2) is 5.38. The van der Waals surface area contributed by atoms with Crippen LogP contribution in [0.15, 0.2) is 0 Å². The van der Waals surface area contributed by atoms with E-state index in [-0.39, 0.29) is 17.4 Å². The maximum atomic E-state index is 12.1. The van der Waals surface area contributed by atoms with Gasteiger partial charge in [0.15, 0.2) is 0 Å². The summed E-state index contributed by atoms with van der Waals surface area (Å²) in [6.07, 6.45) is 4.90. The van der Waals surface area contributed by atoms with Gasteiger partial charge in [-0.1, -0.05) is 33.6 Å². The molecule has 0 heterocycles. The molecular formula is C14H27NO2. The van der Waals surface area contributed by atoms with Crippen LogP contribution in [0.4, 0.5) is 0 Å². The van der Waals surface area contributed by atoms with Crippen LogP contribution in [0.3, 0.4) is 0 Å². The highest BCUT2D eigenvalue weighted by atomic mass is 16.5. The zero-order chi connectivity index (χ0) is 13.1. The molecule has 2 atom stereocenters. The number of carbonyl (C=O) groups excluding carboxylic acids is 1. The molecule has 0 spiro atoms. The molecule has 0 aromatic carbocycles. The Labute approximate surface area is 105 Å². The van der Waals surface area contributed by atoms with E-state index in [1.54, 1.807) is 0 Å². The Bertz CT molecular complexity index is 270. The standard InChI is InChI=1S/C14H27NO2/c1-13(2,3)9-10-17-12(16)14(4)8-6-5-7-11(14)15/h11H,5-10,15H2,1-4H3. The minimum atomic E-state index is -0.462. The largest absolute Gasteiger partial charge is 0.465 e. The van der Waals surface area contributed by atoms with Gasteiger partial charge in [-0.05, 0) is 31.6 Å². The normalized spacial score (nSPS) is 30.1. The van der Waals surface area contributed by atoms with E-state index in [1.807, 2.05) is 6.92 Å². The van der Waals surface area contributed by atoms with E-state index in [2.05, 4.69) is 20.8 Å². The molecule has 1 saturated carbocycles. The summed E-state index contributed by atoms with van der Waals surface area (Å²) in [5.41, 5.74) is 5.81. The van der Waals surface area contributed by atoms with Gasteiger partial charge in [0.2, 0.25) is 0 Å². The van der Waals surface area contributed by atoms with Crippen LogP contribution in [0.25, 0.3) is 0 Å². The number of esters is 1. The molecule has 0 amide bonds. The predicted octanol–water partition coefficient (Wildman–Crippen LogP) is 2.87. The quantitative estimate of drug-likeness (QED) is 0.773. The Morgan fingerprint density at radius 2 is 2.06 bits per heavy atom. The van der Waals surface area contributed by atoms with Crippen molar-refractivity contribution in [2.45, 2.75) is 65.8 Å². The molecule has 0 aromatic heterocycles. The van der Waals surface area contributed by atoms with Crippen LogP contribution in [0.2, 0.25) is 0 Å². The molecule has 1 aliphatic carbocycles. The predicted molar refractivity (Wildman–Crippen MR) is 69.6 cm³/mol. The van der Waals surface area contributed by atoms with Gasteiger partial charge in [0.1, 0.15) is 0 Å². The number of hydrogen-bond acceptors (Lipinski definition) is 3. The molecular weight excluding hydrogens is 214 g/mol. The summed E-state index contributed by atoms with van der Waals surface area (Å²) in [5, 5.41) is 0. The third kappa shape index (κ3) is 3.98. The third-order valence-corrected chi connectivity index (χ3v) is 3.83. The van der Waals surface area contributed by atoms with Gasteiger partial charge in [-0.2, -0.15) is 0 Å². The van der Waals surface area contributed by atoms with Crippen LogP contribution >= 0.6 is 0 Å². The van der Waals surface area contributed by atoms with Gasteiger partial charge in [-0.3, -0.25) is 4.79 Å². The summed E-state index contributed by atoms with van der Waals surface area (Å²) in [7, 11) is 0. The fraction of sp³-hybridized carbons (Fsp3) is 0.929. The van der Waals surface area contributed by atoms with Gasteiger partial charge in [0.05, 0.1) is 12.0 Å². The molecule has 0 aromatic rings. The highest BCUT2D eigenvalue weighted by Gasteiger charge is 2.42. The van der Waals surface area contributed by atoms with Crippen LogP contribution in [-0.4, -0.2) is 18.6 Å². The van der Waals surface area contributed by atoms with E-state index < -0.39 is 5.41 Å². The maximum absolute atomic E-state index is 12.1. The smallest absolute Gasteiger partial charge is 0.313 e. The van der Waals surface area contributed by atoms with E-state index in [0.29, 0.717) is 6.61 Å². The number of rotatable bonds is 3. The minimum absolute atomic E-state index is 0.0432. The molecule has 0 saturated heterocycles. The zero-order valence-corrected chi connectivity index (χ0v) is 11.7. The Kier molecular flexibility index (Phi) is 4.59. The van der Waals surface area contributed by atoms with Crippen molar-refractivity contribution in [1.82, 2.24) is 0 Å². The van der Waals surface area contributed by atoms with Crippen molar-refractivity contribution in [1.29, 1.82) is 0 Å². The lowest BCUT2D eigenvalue weighted by molar-refractivity contribution is -0.158. The van der Waals surface area contributed by atoms with Crippen LogP contribution in [0.1, 0.15) is 59.8 Å². The average molecular weight is 241 g/mol. The summed E-state index contributed by atoms with van der Waals surface area (Å²) in [5.74, 6) is -0.103. The van der Waals surface area contributed by atoms with Gasteiger partial charge in [-0.25, -0.2) is 0 Å². The first-order chi connectivity index (χ1) is 7.76. The molecule has 0 bridgehead atoms. The highest BCUT2D eigenvalue weighted by molar-refractivity contribution is 5.77. The Morgan fingerprint density at radius 1 is 1.41 bits per heavy atom. The van der Waals surface area contributed by atoms with Crippen molar-refractivity contribution in [3.63, 3.8) is 0 Å². The minimum Gasteiger partial charge on any atom is -0.465 e. The van der Waals surface area contributed by atoms with E-state index in [1.165, 1.54) is 0 Å². The van der Waals surface area contributed by atoms with Crippen molar-refractivity contribution < 1.29 is 9.53 Å². The summed E-state index contributed by atoms with van der Waals surface area (Å²) in [6.45, 7) is 8.90. The second-order valence-electron chi connectivity index (χ2n) is 6.72. The molecule has 1 aliphatic rings. The summed E-state index contributed by atoms with van der Waals surface area (Å²) < 4.78 is 5.41. The lowest BCUT2D eigenvalue weighted by atomic mass is 9.72. The first kappa shape index (κ1) is 14.5. The Balaban J connectivity index is 2.46. The SMILES string of the molecule is CC(C)(C)CCOC(=O)C1(C)CCCCC1N. The van der Waals surface area contributed by atoms with Crippen LogP contribution < -0.4 is 5.73 Å². The van der Waals surface area contributed by atoms with Crippen molar-refractivity contribution in [3.05, 3.63) is 0 Å². The zero-order valence-electron chi connectivity index (χ0n) is 11.7. The summed E-state index contributed by atoms with van der Waals surface area (Å²) in [6, 6.07) is -0.0432. The first-order valence-electron chi connectivity index (χ1n) is 6.68. The number of carbonyl (C=O) groups is 1. The number of hydrogen-bond donors (Lipinski definition) is 1. The van der Waals surface area contributed by atoms with E-state index in [4.69, 9.17) is 10.5 Å². The molecule has 100 valence electrons. The summed E-state index contributed by atoms with van der Waals surface area (Å²) in [4.78, 5) is 12.1. The van der Waals surface area contributed by atoms with Crippen LogP contribution in [0.5, 0.6) is 0 Å². The van der Waals surface area contributed by atoms with E-state index >= 15 is 0 Å². The molecule has 2 N–H and O–H groups in total. The molecule has 1 rings (SSSR count). The molecule has 17 heavy (non-hydrogen) atoms. The van der Waals surface area contributed by atoms with E-state index in [9.17, 15) is 4.79 Å². The van der Waals surface area contributed by atoms with Gasteiger partial charge in [0.25, 0.3) is 0 Å². The van der Waals surface area contributed by atoms with Gasteiger partial charge >= 0.3 is 5.97 Å². The third-order valence-electron chi connectivity index (χ3n) is 3.83. The Morgan fingerprint density at radius 3 is 2.59 bits per heavy atom. The van der Waals surface area contributed by atoms with Crippen molar-refractivity contribution in [3.8, 4) is 0 Å². The molecule has 0 aliphatic heterocycles. The number of ether oxygens (including phenoxy) is 1. The molecule has 0 radical (unpaired) electrons. The van der Waals surface area contributed by atoms with Crippen molar-refractivity contribution in [2.75, 3.05) is 6.61 Å². The average Bonchev–Trinajstić information content (AvgIpc) is 2.20. The van der Waals surface area contributed by atoms with Crippen LogP contribution in [-0.2, 0) is 9.53 Å². The van der Waals surface area contributed by atoms with Gasteiger partial charge in [0, 0.05) is 6.04 Å². The van der Waals surface area contributed by atoms with Gasteiger partial charge < -0.3 is 10.5 Å². The molecule has 3 heteroatoms. The summed E-state index contributed by atoms with van der Waals surface area (Å²) >= 11 is 0. The molecule has 1 fully saturated rings. The molecule has 3 nitrogen and oxygen atoms in total. The topological polar surface area (TPSA) is 52.3 Å². The molecule has 2 unspecified atom stereocenters. The monoisotopic (exact) mass is 241 g/mol. The first-order valence-corrected chi connectivity index (χ1v) is 6.68. The van der Waals surface area contributed by atoms with Crippen molar-refractivity contribution >= 4 is 5.97 Å². The highest BCUT2D eigenvalue weighted by Crippen LogP contribution is 2.36. The Hall–Kier alpha value is -0.570. The fourth-order valence-electron chi connectivity index (χ4n) is 2.23. The van der Waals surface area contributed by atoms with Crippen molar-refractivity contribution in [2.24, 2.45) is 16.6 Å². The van der Waals surface area contributed by atoms with Gasteiger partial charge in [-0.15, -0.1) is 0 Å². The number of nitrogens with two attached hydrogens (primary N) is 1. The lowest BCUT2D eigenvalue weighted by Crippen LogP contribution is -2.48. The maximum Gasteiger partial charge on any atom is 0.313 e. The fourth-order valence-corrected chi connectivity index (χ4v) is 2.23. The lowest BCUT2D eigenvalue weighted by Gasteiger charge is -2.37. The second-order valence-corrected chi connectivity index (χ2v) is 6.72. The van der Waals surface area contributed by atoms with E-state index in [0.717, 1.165) is 32.1 Å².